The number of primary amides is 1. The van der Waals surface area contributed by atoms with Crippen molar-refractivity contribution in [1.82, 2.24) is 9.55 Å². The Morgan fingerprint density at radius 2 is 2.20 bits per heavy atom. The number of amides is 1. The Bertz CT molecular complexity index is 747. The van der Waals surface area contributed by atoms with E-state index in [1.165, 1.54) is 5.38 Å². The van der Waals surface area contributed by atoms with Gasteiger partial charge in [-0.15, -0.1) is 11.3 Å². The van der Waals surface area contributed by atoms with Crippen molar-refractivity contribution < 1.29 is 14.7 Å². The van der Waals surface area contributed by atoms with Gasteiger partial charge in [-0.2, -0.15) is 0 Å². The van der Waals surface area contributed by atoms with Crippen LogP contribution < -0.4 is 11.3 Å². The van der Waals surface area contributed by atoms with Crippen molar-refractivity contribution in [2.75, 3.05) is 0 Å². The summed E-state index contributed by atoms with van der Waals surface area (Å²) in [6.07, 6.45) is 1.26. The minimum absolute atomic E-state index is 0.0311. The molecule has 2 heterocycles. The molecule has 0 bridgehead atoms. The first kappa shape index (κ1) is 14.2. The van der Waals surface area contributed by atoms with Crippen LogP contribution in [0.5, 0.6) is 0 Å². The van der Waals surface area contributed by atoms with Crippen LogP contribution in [0.1, 0.15) is 29.5 Å². The molecule has 0 fully saturated rings. The van der Waals surface area contributed by atoms with Crippen LogP contribution in [0.4, 0.5) is 0 Å². The van der Waals surface area contributed by atoms with Gasteiger partial charge in [0.05, 0.1) is 10.9 Å². The molecule has 0 aliphatic rings. The van der Waals surface area contributed by atoms with Gasteiger partial charge in [-0.25, -0.2) is 9.78 Å². The fourth-order valence-corrected chi connectivity index (χ4v) is 2.88. The van der Waals surface area contributed by atoms with Gasteiger partial charge < -0.3 is 10.8 Å². The summed E-state index contributed by atoms with van der Waals surface area (Å²) >= 11 is 1.10. The number of nitrogens with zero attached hydrogens (tertiary/aromatic N) is 2. The van der Waals surface area contributed by atoms with Crippen LogP contribution in [0.2, 0.25) is 0 Å². The van der Waals surface area contributed by atoms with Crippen LogP contribution in [-0.2, 0) is 17.8 Å². The van der Waals surface area contributed by atoms with Crippen LogP contribution in [-0.4, -0.2) is 26.5 Å². The maximum absolute atomic E-state index is 12.4. The number of rotatable bonds is 5. The number of nitrogens with two attached hydrogens (primary N) is 1. The van der Waals surface area contributed by atoms with Crippen LogP contribution in [0, 0.1) is 0 Å². The van der Waals surface area contributed by atoms with Gasteiger partial charge in [-0.1, -0.05) is 6.92 Å². The Kier molecular flexibility index (Phi) is 3.84. The molecule has 0 atom stereocenters. The number of hydrogen-bond donors (Lipinski definition) is 2. The molecule has 2 aromatic rings. The van der Waals surface area contributed by atoms with Gasteiger partial charge in [-0.3, -0.25) is 14.2 Å². The lowest BCUT2D eigenvalue weighted by molar-refractivity contribution is -0.118. The SMILES string of the molecule is CCCc1nc2scc(C(=O)O)c2c(=O)n1CC(N)=O. The van der Waals surface area contributed by atoms with E-state index >= 15 is 0 Å². The summed E-state index contributed by atoms with van der Waals surface area (Å²) in [4.78, 5) is 39.3. The summed E-state index contributed by atoms with van der Waals surface area (Å²) in [6, 6.07) is 0. The standard InChI is InChI=1S/C12H13N3O4S/c1-2-3-8-14-10-9(6(5-20-10)12(18)19)11(17)15(8)4-7(13)16/h5H,2-4H2,1H3,(H2,13,16)(H,18,19). The zero-order valence-electron chi connectivity index (χ0n) is 10.8. The van der Waals surface area contributed by atoms with Crippen LogP contribution in [0.3, 0.4) is 0 Å². The topological polar surface area (TPSA) is 115 Å². The molecule has 2 aromatic heterocycles. The second-order valence-corrected chi connectivity index (χ2v) is 5.13. The van der Waals surface area contributed by atoms with Crippen molar-refractivity contribution in [1.29, 1.82) is 0 Å². The summed E-state index contributed by atoms with van der Waals surface area (Å²) in [5.41, 5.74) is 4.51. The first-order chi connectivity index (χ1) is 9.45. The van der Waals surface area contributed by atoms with E-state index in [-0.39, 0.29) is 17.5 Å². The van der Waals surface area contributed by atoms with Gasteiger partial charge in [0.15, 0.2) is 0 Å². The number of carbonyl (C=O) groups is 2. The van der Waals surface area contributed by atoms with Crippen molar-refractivity contribution in [2.24, 2.45) is 5.73 Å². The average Bonchev–Trinajstić information content (AvgIpc) is 2.78. The van der Waals surface area contributed by atoms with Crippen molar-refractivity contribution >= 4 is 33.4 Å². The molecular weight excluding hydrogens is 282 g/mol. The lowest BCUT2D eigenvalue weighted by Gasteiger charge is -2.10. The highest BCUT2D eigenvalue weighted by atomic mass is 32.1. The first-order valence-corrected chi connectivity index (χ1v) is 6.86. The van der Waals surface area contributed by atoms with E-state index in [0.717, 1.165) is 22.3 Å². The minimum Gasteiger partial charge on any atom is -0.478 e. The summed E-state index contributed by atoms with van der Waals surface area (Å²) in [6.45, 7) is 1.62. The molecule has 0 spiro atoms. The molecule has 0 aliphatic heterocycles. The predicted molar refractivity (Wildman–Crippen MR) is 74.0 cm³/mol. The zero-order chi connectivity index (χ0) is 14.9. The Balaban J connectivity index is 2.78. The van der Waals surface area contributed by atoms with E-state index in [0.29, 0.717) is 17.1 Å². The highest BCUT2D eigenvalue weighted by molar-refractivity contribution is 7.17. The third-order valence-corrected chi connectivity index (χ3v) is 3.66. The average molecular weight is 295 g/mol. The number of hydrogen-bond acceptors (Lipinski definition) is 5. The number of thiophene rings is 1. The maximum Gasteiger partial charge on any atom is 0.337 e. The van der Waals surface area contributed by atoms with Crippen LogP contribution in [0.25, 0.3) is 10.2 Å². The van der Waals surface area contributed by atoms with Crippen LogP contribution in [0.15, 0.2) is 10.2 Å². The summed E-state index contributed by atoms with van der Waals surface area (Å²) in [5.74, 6) is -1.41. The van der Waals surface area contributed by atoms with Gasteiger partial charge in [0, 0.05) is 11.8 Å². The predicted octanol–water partition coefficient (Wildman–Crippen LogP) is 0.594. The molecule has 106 valence electrons. The third-order valence-electron chi connectivity index (χ3n) is 2.79. The van der Waals surface area contributed by atoms with E-state index in [9.17, 15) is 14.4 Å². The molecule has 0 radical (unpaired) electrons. The summed E-state index contributed by atoms with van der Waals surface area (Å²) in [5, 5.41) is 10.5. The van der Waals surface area contributed by atoms with Crippen molar-refractivity contribution in [3.05, 3.63) is 27.1 Å². The Morgan fingerprint density at radius 3 is 2.75 bits per heavy atom. The van der Waals surface area contributed by atoms with Crippen molar-refractivity contribution in [3.8, 4) is 0 Å². The quantitative estimate of drug-likeness (QED) is 0.837. The normalized spacial score (nSPS) is 10.8. The van der Waals surface area contributed by atoms with Gasteiger partial charge in [0.1, 0.15) is 17.2 Å². The lowest BCUT2D eigenvalue weighted by Crippen LogP contribution is -2.31. The second kappa shape index (κ2) is 5.41. The molecule has 0 unspecified atom stereocenters. The molecule has 0 saturated heterocycles. The largest absolute Gasteiger partial charge is 0.478 e. The van der Waals surface area contributed by atoms with E-state index in [1.807, 2.05) is 6.92 Å². The molecule has 20 heavy (non-hydrogen) atoms. The third kappa shape index (κ3) is 2.42. The van der Waals surface area contributed by atoms with E-state index < -0.39 is 17.4 Å². The number of aromatic nitrogens is 2. The fourth-order valence-electron chi connectivity index (χ4n) is 1.96. The fraction of sp³-hybridized carbons (Fsp3) is 0.333. The van der Waals surface area contributed by atoms with Crippen LogP contribution >= 0.6 is 11.3 Å². The number of carboxylic acids is 1. The Hall–Kier alpha value is -2.22. The molecule has 2 rings (SSSR count). The monoisotopic (exact) mass is 295 g/mol. The number of carboxylic acid groups (broad SMARTS) is 1. The van der Waals surface area contributed by atoms with E-state index in [1.54, 1.807) is 0 Å². The molecule has 0 saturated carbocycles. The maximum atomic E-state index is 12.4. The highest BCUT2D eigenvalue weighted by Crippen LogP contribution is 2.22. The second-order valence-electron chi connectivity index (χ2n) is 4.27. The highest BCUT2D eigenvalue weighted by Gasteiger charge is 2.19. The zero-order valence-corrected chi connectivity index (χ0v) is 11.6. The first-order valence-electron chi connectivity index (χ1n) is 5.98. The lowest BCUT2D eigenvalue weighted by atomic mass is 10.2. The molecule has 0 aliphatic carbocycles. The Labute approximate surface area is 117 Å². The van der Waals surface area contributed by atoms with Crippen molar-refractivity contribution in [2.45, 2.75) is 26.3 Å². The number of aryl methyl sites for hydroxylation is 1. The Morgan fingerprint density at radius 1 is 1.50 bits per heavy atom. The number of aromatic carboxylic acids is 1. The van der Waals surface area contributed by atoms with Crippen molar-refractivity contribution in [3.63, 3.8) is 0 Å². The molecule has 8 heteroatoms. The van der Waals surface area contributed by atoms with Gasteiger partial charge >= 0.3 is 5.97 Å². The van der Waals surface area contributed by atoms with E-state index in [4.69, 9.17) is 10.8 Å². The molecular formula is C12H13N3O4S. The van der Waals surface area contributed by atoms with E-state index in [2.05, 4.69) is 4.98 Å². The molecule has 3 N–H and O–H groups in total. The number of fused-ring (bicyclic) bond motifs is 1. The van der Waals surface area contributed by atoms with Gasteiger partial charge in [0.25, 0.3) is 5.56 Å². The molecule has 7 nitrogen and oxygen atoms in total. The van der Waals surface area contributed by atoms with Gasteiger partial charge in [-0.05, 0) is 6.42 Å². The van der Waals surface area contributed by atoms with Gasteiger partial charge in [0.2, 0.25) is 5.91 Å². The minimum atomic E-state index is -1.19. The number of carbonyl (C=O) groups excluding carboxylic acids is 1. The summed E-state index contributed by atoms with van der Waals surface area (Å²) in [7, 11) is 0. The molecule has 0 aromatic carbocycles. The molecule has 1 amide bonds. The summed E-state index contributed by atoms with van der Waals surface area (Å²) < 4.78 is 1.16. The smallest absolute Gasteiger partial charge is 0.337 e.